The minimum absolute atomic E-state index is 0.200. The van der Waals surface area contributed by atoms with Crippen LogP contribution in [0.25, 0.3) is 0 Å². The largest absolute Gasteiger partial charge is 0.462 e. The SMILES string of the molecule is CCOC(=O)c1c(N)nsc1N(C)Cc1cccc(Cl)c1. The van der Waals surface area contributed by atoms with Crippen LogP contribution in [0.1, 0.15) is 22.8 Å². The van der Waals surface area contributed by atoms with E-state index in [9.17, 15) is 4.79 Å². The molecule has 112 valence electrons. The minimum Gasteiger partial charge on any atom is -0.462 e. The van der Waals surface area contributed by atoms with Gasteiger partial charge in [-0.1, -0.05) is 23.7 Å². The van der Waals surface area contributed by atoms with E-state index in [1.54, 1.807) is 6.92 Å². The predicted octanol–water partition coefficient (Wildman–Crippen LogP) is 3.19. The number of esters is 1. The number of carbonyl (C=O) groups is 1. The molecular weight excluding hydrogens is 310 g/mol. The fourth-order valence-corrected chi connectivity index (χ4v) is 2.90. The van der Waals surface area contributed by atoms with E-state index in [1.165, 1.54) is 11.5 Å². The van der Waals surface area contributed by atoms with E-state index in [-0.39, 0.29) is 5.82 Å². The van der Waals surface area contributed by atoms with Crippen LogP contribution in [-0.2, 0) is 11.3 Å². The molecule has 1 heterocycles. The number of aromatic nitrogens is 1. The molecular formula is C14H16ClN3O2S. The van der Waals surface area contributed by atoms with Gasteiger partial charge in [0.05, 0.1) is 6.61 Å². The van der Waals surface area contributed by atoms with Gasteiger partial charge in [0.2, 0.25) is 0 Å². The molecule has 1 aromatic heterocycles. The number of nitrogens with zero attached hydrogens (tertiary/aromatic N) is 2. The molecule has 0 unspecified atom stereocenters. The summed E-state index contributed by atoms with van der Waals surface area (Å²) < 4.78 is 9.08. The molecule has 0 radical (unpaired) electrons. The quantitative estimate of drug-likeness (QED) is 0.855. The molecule has 2 N–H and O–H groups in total. The second-order valence-electron chi connectivity index (χ2n) is 4.45. The van der Waals surface area contributed by atoms with E-state index in [0.29, 0.717) is 28.7 Å². The van der Waals surface area contributed by atoms with Gasteiger partial charge in [-0.2, -0.15) is 4.37 Å². The van der Waals surface area contributed by atoms with E-state index in [1.807, 2.05) is 36.2 Å². The third-order valence-electron chi connectivity index (χ3n) is 2.84. The Labute approximate surface area is 132 Å². The summed E-state index contributed by atoms with van der Waals surface area (Å²) in [5.41, 5.74) is 7.14. The predicted molar refractivity (Wildman–Crippen MR) is 86.0 cm³/mol. The van der Waals surface area contributed by atoms with Gasteiger partial charge in [-0.25, -0.2) is 4.79 Å². The summed E-state index contributed by atoms with van der Waals surface area (Å²) in [6.07, 6.45) is 0. The highest BCUT2D eigenvalue weighted by atomic mass is 35.5. The molecule has 0 saturated carbocycles. The molecule has 0 fully saturated rings. The van der Waals surface area contributed by atoms with Crippen LogP contribution in [0.2, 0.25) is 5.02 Å². The molecule has 5 nitrogen and oxygen atoms in total. The van der Waals surface area contributed by atoms with Gasteiger partial charge in [0, 0.05) is 18.6 Å². The van der Waals surface area contributed by atoms with Crippen LogP contribution in [0, 0.1) is 0 Å². The van der Waals surface area contributed by atoms with Crippen LogP contribution < -0.4 is 10.6 Å². The average Bonchev–Trinajstić information content (AvgIpc) is 2.81. The van der Waals surface area contributed by atoms with Gasteiger partial charge in [-0.15, -0.1) is 0 Å². The first-order chi connectivity index (χ1) is 10.0. The second-order valence-corrected chi connectivity index (χ2v) is 5.64. The Morgan fingerprint density at radius 1 is 1.52 bits per heavy atom. The minimum atomic E-state index is -0.448. The van der Waals surface area contributed by atoms with Crippen molar-refractivity contribution in [2.45, 2.75) is 13.5 Å². The number of nitrogens with two attached hydrogens (primary N) is 1. The van der Waals surface area contributed by atoms with Crippen LogP contribution in [0.4, 0.5) is 10.8 Å². The molecule has 2 rings (SSSR count). The maximum atomic E-state index is 12.0. The van der Waals surface area contributed by atoms with Crippen molar-refractivity contribution in [1.82, 2.24) is 4.37 Å². The molecule has 0 aliphatic carbocycles. The van der Waals surface area contributed by atoms with Crippen LogP contribution in [-0.4, -0.2) is 24.0 Å². The molecule has 0 aliphatic heterocycles. The number of hydrogen-bond acceptors (Lipinski definition) is 6. The smallest absolute Gasteiger partial charge is 0.345 e. The van der Waals surface area contributed by atoms with Crippen molar-refractivity contribution in [2.24, 2.45) is 0 Å². The van der Waals surface area contributed by atoms with Crippen molar-refractivity contribution in [3.8, 4) is 0 Å². The van der Waals surface area contributed by atoms with Gasteiger partial charge >= 0.3 is 5.97 Å². The number of ether oxygens (including phenoxy) is 1. The Kier molecular flexibility index (Phi) is 5.03. The Hall–Kier alpha value is -1.79. The fraction of sp³-hybridized carbons (Fsp3) is 0.286. The second kappa shape index (κ2) is 6.78. The molecule has 0 aliphatic rings. The number of carbonyl (C=O) groups excluding carboxylic acids is 1. The zero-order chi connectivity index (χ0) is 15.4. The van der Waals surface area contributed by atoms with Gasteiger partial charge in [-0.05, 0) is 36.2 Å². The van der Waals surface area contributed by atoms with Gasteiger partial charge in [-0.3, -0.25) is 0 Å². The molecule has 21 heavy (non-hydrogen) atoms. The van der Waals surface area contributed by atoms with Gasteiger partial charge in [0.1, 0.15) is 10.6 Å². The Morgan fingerprint density at radius 2 is 2.29 bits per heavy atom. The summed E-state index contributed by atoms with van der Waals surface area (Å²) in [5, 5.41) is 1.36. The summed E-state index contributed by atoms with van der Waals surface area (Å²) in [6.45, 7) is 2.64. The van der Waals surface area contributed by atoms with Crippen molar-refractivity contribution >= 4 is 39.9 Å². The monoisotopic (exact) mass is 325 g/mol. The maximum Gasteiger partial charge on any atom is 0.345 e. The summed E-state index contributed by atoms with van der Waals surface area (Å²) in [4.78, 5) is 13.9. The summed E-state index contributed by atoms with van der Waals surface area (Å²) in [7, 11) is 1.87. The molecule has 0 saturated heterocycles. The first-order valence-corrected chi connectivity index (χ1v) is 7.56. The van der Waals surface area contributed by atoms with E-state index in [4.69, 9.17) is 22.1 Å². The summed E-state index contributed by atoms with van der Waals surface area (Å²) in [6, 6.07) is 7.56. The summed E-state index contributed by atoms with van der Waals surface area (Å²) >= 11 is 7.16. The Balaban J connectivity index is 2.23. The maximum absolute atomic E-state index is 12.0. The third-order valence-corrected chi connectivity index (χ3v) is 4.05. The highest BCUT2D eigenvalue weighted by Gasteiger charge is 2.23. The topological polar surface area (TPSA) is 68.5 Å². The lowest BCUT2D eigenvalue weighted by molar-refractivity contribution is 0.0528. The number of rotatable bonds is 5. The average molecular weight is 326 g/mol. The van der Waals surface area contributed by atoms with Crippen molar-refractivity contribution in [3.63, 3.8) is 0 Å². The number of halogens is 1. The van der Waals surface area contributed by atoms with Crippen LogP contribution in [0.3, 0.4) is 0 Å². The standard InChI is InChI=1S/C14H16ClN3O2S/c1-3-20-14(19)11-12(16)17-21-13(11)18(2)8-9-5-4-6-10(15)7-9/h4-7H,3,8H2,1-2H3,(H2,16,17). The van der Waals surface area contributed by atoms with Gasteiger partial charge < -0.3 is 15.4 Å². The zero-order valence-electron chi connectivity index (χ0n) is 11.8. The lowest BCUT2D eigenvalue weighted by atomic mass is 10.2. The number of hydrogen-bond donors (Lipinski definition) is 1. The van der Waals surface area contributed by atoms with Gasteiger partial charge in [0.15, 0.2) is 5.82 Å². The van der Waals surface area contributed by atoms with Crippen molar-refractivity contribution in [2.75, 3.05) is 24.3 Å². The highest BCUT2D eigenvalue weighted by molar-refractivity contribution is 7.11. The zero-order valence-corrected chi connectivity index (χ0v) is 13.4. The van der Waals surface area contributed by atoms with E-state index >= 15 is 0 Å². The van der Waals surface area contributed by atoms with E-state index in [2.05, 4.69) is 4.37 Å². The normalized spacial score (nSPS) is 10.4. The van der Waals surface area contributed by atoms with Crippen molar-refractivity contribution < 1.29 is 9.53 Å². The van der Waals surface area contributed by atoms with Crippen LogP contribution in [0.15, 0.2) is 24.3 Å². The number of benzene rings is 1. The molecule has 0 atom stereocenters. The van der Waals surface area contributed by atoms with Crippen LogP contribution in [0.5, 0.6) is 0 Å². The highest BCUT2D eigenvalue weighted by Crippen LogP contribution is 2.31. The lowest BCUT2D eigenvalue weighted by Crippen LogP contribution is -2.19. The van der Waals surface area contributed by atoms with Crippen molar-refractivity contribution in [1.29, 1.82) is 0 Å². The molecule has 2 aromatic rings. The molecule has 7 heteroatoms. The van der Waals surface area contributed by atoms with Gasteiger partial charge in [0.25, 0.3) is 0 Å². The lowest BCUT2D eigenvalue weighted by Gasteiger charge is -2.18. The van der Waals surface area contributed by atoms with Crippen LogP contribution >= 0.6 is 23.1 Å². The Bertz CT molecular complexity index is 645. The third kappa shape index (κ3) is 3.65. The van der Waals surface area contributed by atoms with Crippen molar-refractivity contribution in [3.05, 3.63) is 40.4 Å². The Morgan fingerprint density at radius 3 is 2.95 bits per heavy atom. The molecule has 1 aromatic carbocycles. The fourth-order valence-electron chi connectivity index (χ4n) is 1.93. The number of anilines is 2. The first kappa shape index (κ1) is 15.6. The van der Waals surface area contributed by atoms with E-state index in [0.717, 1.165) is 5.56 Å². The number of nitrogen functional groups attached to an aromatic ring is 1. The first-order valence-electron chi connectivity index (χ1n) is 6.40. The summed E-state index contributed by atoms with van der Waals surface area (Å²) in [5.74, 6) is -0.247. The molecule has 0 bridgehead atoms. The van der Waals surface area contributed by atoms with E-state index < -0.39 is 5.97 Å². The molecule has 0 spiro atoms. The molecule has 0 amide bonds.